The number of anilines is 1. The second-order valence-corrected chi connectivity index (χ2v) is 6.81. The first-order valence-corrected chi connectivity index (χ1v) is 8.80. The quantitative estimate of drug-likeness (QED) is 0.936. The number of rotatable bonds is 3. The molecule has 126 valence electrons. The predicted molar refractivity (Wildman–Crippen MR) is 93.8 cm³/mol. The van der Waals surface area contributed by atoms with Crippen LogP contribution in [-0.2, 0) is 5.60 Å². The largest absolute Gasteiger partial charge is 0.383 e. The maximum Gasteiger partial charge on any atom is 0.147 e. The van der Waals surface area contributed by atoms with Gasteiger partial charge in [0.2, 0.25) is 0 Å². The zero-order valence-corrected chi connectivity index (χ0v) is 13.9. The Hall–Kier alpha value is -1.98. The zero-order valence-electron chi connectivity index (χ0n) is 13.9. The van der Waals surface area contributed by atoms with Crippen molar-refractivity contribution >= 4 is 5.82 Å². The molecule has 1 aromatic carbocycles. The molecule has 2 atom stereocenters. The van der Waals surface area contributed by atoms with Gasteiger partial charge in [-0.25, -0.2) is 4.98 Å². The van der Waals surface area contributed by atoms with Gasteiger partial charge in [-0.15, -0.1) is 0 Å². The van der Waals surface area contributed by atoms with Crippen LogP contribution in [0.2, 0.25) is 0 Å². The SMILES string of the molecule is O[C@]1(c2ccccc2)CCN(c2cnccn2)C[C@H]1N1CCCC1. The fourth-order valence-corrected chi connectivity index (χ4v) is 4.12. The van der Waals surface area contributed by atoms with Crippen molar-refractivity contribution in [2.24, 2.45) is 0 Å². The molecule has 2 aromatic rings. The summed E-state index contributed by atoms with van der Waals surface area (Å²) in [4.78, 5) is 13.4. The van der Waals surface area contributed by atoms with Crippen molar-refractivity contribution < 1.29 is 5.11 Å². The normalized spacial score (nSPS) is 28.2. The maximum absolute atomic E-state index is 11.6. The number of nitrogens with zero attached hydrogens (tertiary/aromatic N) is 4. The summed E-state index contributed by atoms with van der Waals surface area (Å²) in [6, 6.07) is 10.2. The molecule has 2 aliphatic rings. The summed E-state index contributed by atoms with van der Waals surface area (Å²) in [7, 11) is 0. The Morgan fingerprint density at radius 1 is 1.04 bits per heavy atom. The van der Waals surface area contributed by atoms with Crippen LogP contribution in [0.25, 0.3) is 0 Å². The van der Waals surface area contributed by atoms with E-state index in [4.69, 9.17) is 0 Å². The highest BCUT2D eigenvalue weighted by Crippen LogP contribution is 2.38. The van der Waals surface area contributed by atoms with Crippen LogP contribution in [0.4, 0.5) is 5.82 Å². The lowest BCUT2D eigenvalue weighted by molar-refractivity contribution is -0.0603. The average molecular weight is 324 g/mol. The Balaban J connectivity index is 1.65. The fourth-order valence-electron chi connectivity index (χ4n) is 4.12. The van der Waals surface area contributed by atoms with Crippen LogP contribution in [0.15, 0.2) is 48.9 Å². The molecule has 0 amide bonds. The smallest absolute Gasteiger partial charge is 0.147 e. The molecule has 3 heterocycles. The molecule has 2 saturated heterocycles. The molecule has 0 aliphatic carbocycles. The van der Waals surface area contributed by atoms with Crippen molar-refractivity contribution in [2.45, 2.75) is 30.9 Å². The minimum atomic E-state index is -0.801. The topological polar surface area (TPSA) is 52.5 Å². The molecular formula is C19H24N4O. The van der Waals surface area contributed by atoms with Crippen LogP contribution in [-0.4, -0.2) is 52.2 Å². The number of aromatic nitrogens is 2. The summed E-state index contributed by atoms with van der Waals surface area (Å²) >= 11 is 0. The standard InChI is InChI=1S/C19H24N4O/c24-19(16-6-2-1-3-7-16)8-13-23(18-14-20-9-10-21-18)15-17(19)22-11-4-5-12-22/h1-3,6-7,9-10,14,17,24H,4-5,8,11-13,15H2/t17-,19+/m1/s1. The Kier molecular flexibility index (Phi) is 4.21. The van der Waals surface area contributed by atoms with Crippen LogP contribution in [0.5, 0.6) is 0 Å². The summed E-state index contributed by atoms with van der Waals surface area (Å²) in [6.45, 7) is 3.70. The third-order valence-corrected chi connectivity index (χ3v) is 5.44. The van der Waals surface area contributed by atoms with E-state index in [1.165, 1.54) is 12.8 Å². The predicted octanol–water partition coefficient (Wildman–Crippen LogP) is 2.04. The van der Waals surface area contributed by atoms with E-state index in [0.29, 0.717) is 6.42 Å². The Bertz CT molecular complexity index is 660. The number of hydrogen-bond donors (Lipinski definition) is 1. The monoisotopic (exact) mass is 324 g/mol. The number of benzene rings is 1. The van der Waals surface area contributed by atoms with E-state index in [2.05, 4.69) is 31.9 Å². The van der Waals surface area contributed by atoms with Crippen molar-refractivity contribution in [3.63, 3.8) is 0 Å². The second-order valence-electron chi connectivity index (χ2n) is 6.81. The van der Waals surface area contributed by atoms with Gasteiger partial charge < -0.3 is 10.0 Å². The maximum atomic E-state index is 11.6. The molecule has 4 rings (SSSR count). The van der Waals surface area contributed by atoms with E-state index in [-0.39, 0.29) is 6.04 Å². The highest BCUT2D eigenvalue weighted by atomic mass is 16.3. The Labute approximate surface area is 143 Å². The number of likely N-dealkylation sites (tertiary alicyclic amines) is 1. The molecule has 0 saturated carbocycles. The third-order valence-electron chi connectivity index (χ3n) is 5.44. The van der Waals surface area contributed by atoms with Gasteiger partial charge in [-0.2, -0.15) is 0 Å². The van der Waals surface area contributed by atoms with Crippen molar-refractivity contribution in [2.75, 3.05) is 31.1 Å². The first-order chi connectivity index (χ1) is 11.8. The van der Waals surface area contributed by atoms with Crippen molar-refractivity contribution in [1.82, 2.24) is 14.9 Å². The van der Waals surface area contributed by atoms with Gasteiger partial charge in [-0.3, -0.25) is 9.88 Å². The van der Waals surface area contributed by atoms with Gasteiger partial charge in [-0.05, 0) is 37.9 Å². The number of aliphatic hydroxyl groups is 1. The molecule has 1 N–H and O–H groups in total. The molecule has 0 radical (unpaired) electrons. The molecule has 0 bridgehead atoms. The van der Waals surface area contributed by atoms with Crippen LogP contribution in [0.1, 0.15) is 24.8 Å². The first kappa shape index (κ1) is 15.5. The van der Waals surface area contributed by atoms with E-state index in [0.717, 1.165) is 37.6 Å². The van der Waals surface area contributed by atoms with Gasteiger partial charge in [0.05, 0.1) is 12.2 Å². The van der Waals surface area contributed by atoms with Crippen LogP contribution in [0, 0.1) is 0 Å². The molecule has 0 unspecified atom stereocenters. The van der Waals surface area contributed by atoms with Crippen LogP contribution >= 0.6 is 0 Å². The van der Waals surface area contributed by atoms with E-state index in [1.807, 2.05) is 24.4 Å². The third kappa shape index (κ3) is 2.78. The minimum absolute atomic E-state index is 0.0816. The zero-order chi connectivity index (χ0) is 16.4. The lowest BCUT2D eigenvalue weighted by Crippen LogP contribution is -2.60. The van der Waals surface area contributed by atoms with Crippen molar-refractivity contribution in [1.29, 1.82) is 0 Å². The lowest BCUT2D eigenvalue weighted by atomic mass is 9.79. The average Bonchev–Trinajstić information content (AvgIpc) is 3.18. The lowest BCUT2D eigenvalue weighted by Gasteiger charge is -2.48. The van der Waals surface area contributed by atoms with Crippen LogP contribution in [0.3, 0.4) is 0 Å². The number of piperidine rings is 1. The van der Waals surface area contributed by atoms with Gasteiger partial charge in [-0.1, -0.05) is 30.3 Å². The highest BCUT2D eigenvalue weighted by molar-refractivity contribution is 5.39. The van der Waals surface area contributed by atoms with Crippen molar-refractivity contribution in [3.8, 4) is 0 Å². The Morgan fingerprint density at radius 2 is 1.83 bits per heavy atom. The van der Waals surface area contributed by atoms with Gasteiger partial charge in [0.25, 0.3) is 0 Å². The summed E-state index contributed by atoms with van der Waals surface area (Å²) < 4.78 is 0. The molecule has 24 heavy (non-hydrogen) atoms. The van der Waals surface area contributed by atoms with Gasteiger partial charge >= 0.3 is 0 Å². The number of hydrogen-bond acceptors (Lipinski definition) is 5. The van der Waals surface area contributed by atoms with E-state index in [9.17, 15) is 5.11 Å². The minimum Gasteiger partial charge on any atom is -0.383 e. The first-order valence-electron chi connectivity index (χ1n) is 8.80. The van der Waals surface area contributed by atoms with Crippen molar-refractivity contribution in [3.05, 3.63) is 54.5 Å². The summed E-state index contributed by atoms with van der Waals surface area (Å²) in [5.74, 6) is 0.900. The van der Waals surface area contributed by atoms with Gasteiger partial charge in [0.15, 0.2) is 0 Å². The molecule has 5 heteroatoms. The molecular weight excluding hydrogens is 300 g/mol. The summed E-state index contributed by atoms with van der Waals surface area (Å²) in [5, 5.41) is 11.6. The van der Waals surface area contributed by atoms with E-state index < -0.39 is 5.60 Å². The van der Waals surface area contributed by atoms with Gasteiger partial charge in [0.1, 0.15) is 11.4 Å². The molecule has 0 spiro atoms. The second kappa shape index (κ2) is 6.49. The van der Waals surface area contributed by atoms with Gasteiger partial charge in [0, 0.05) is 25.5 Å². The van der Waals surface area contributed by atoms with E-state index in [1.54, 1.807) is 12.4 Å². The fraction of sp³-hybridized carbons (Fsp3) is 0.474. The Morgan fingerprint density at radius 3 is 2.54 bits per heavy atom. The molecule has 5 nitrogen and oxygen atoms in total. The van der Waals surface area contributed by atoms with E-state index >= 15 is 0 Å². The summed E-state index contributed by atoms with van der Waals surface area (Å²) in [6.07, 6.45) is 8.38. The molecule has 1 aromatic heterocycles. The molecule has 2 aliphatic heterocycles. The molecule has 2 fully saturated rings. The van der Waals surface area contributed by atoms with Crippen LogP contribution < -0.4 is 4.90 Å². The summed E-state index contributed by atoms with van der Waals surface area (Å²) in [5.41, 5.74) is 0.227. The highest BCUT2D eigenvalue weighted by Gasteiger charge is 2.46.